The van der Waals surface area contributed by atoms with Gasteiger partial charge in [-0.05, 0) is 60.9 Å². The lowest BCUT2D eigenvalue weighted by molar-refractivity contribution is 0.101. The second kappa shape index (κ2) is 6.13. The van der Waals surface area contributed by atoms with Crippen LogP contribution in [0.4, 0.5) is 0 Å². The van der Waals surface area contributed by atoms with E-state index in [0.29, 0.717) is 23.7 Å². The number of fused-ring (bicyclic) bond motifs is 1. The van der Waals surface area contributed by atoms with E-state index in [-0.39, 0.29) is 5.78 Å². The van der Waals surface area contributed by atoms with Crippen molar-refractivity contribution >= 4 is 11.9 Å². The van der Waals surface area contributed by atoms with Gasteiger partial charge in [0.15, 0.2) is 5.76 Å². The van der Waals surface area contributed by atoms with Crippen molar-refractivity contribution in [3.63, 3.8) is 0 Å². The minimum Gasteiger partial charge on any atom is -0.490 e. The average Bonchev–Trinajstić information content (AvgIpc) is 2.83. The molecule has 3 rings (SSSR count). The van der Waals surface area contributed by atoms with E-state index in [9.17, 15) is 4.79 Å². The Bertz CT molecular complexity index is 798. The minimum absolute atomic E-state index is 0.0740. The van der Waals surface area contributed by atoms with E-state index in [4.69, 9.17) is 9.47 Å². The third kappa shape index (κ3) is 3.04. The number of aryl methyl sites for hydroxylation is 2. The predicted molar refractivity (Wildman–Crippen MR) is 91.0 cm³/mol. The van der Waals surface area contributed by atoms with Gasteiger partial charge in [0.25, 0.3) is 0 Å². The molecule has 3 nitrogen and oxygen atoms in total. The summed E-state index contributed by atoms with van der Waals surface area (Å²) in [6, 6.07) is 11.3. The molecule has 2 aromatic rings. The van der Waals surface area contributed by atoms with Crippen LogP contribution in [-0.2, 0) is 0 Å². The van der Waals surface area contributed by atoms with Crippen LogP contribution in [-0.4, -0.2) is 12.4 Å². The smallest absolute Gasteiger partial charge is 0.231 e. The van der Waals surface area contributed by atoms with Gasteiger partial charge in [0.2, 0.25) is 5.78 Å². The Kier molecular flexibility index (Phi) is 4.02. The van der Waals surface area contributed by atoms with Gasteiger partial charge in [-0.2, -0.15) is 0 Å². The second-order valence-electron chi connectivity index (χ2n) is 5.54. The van der Waals surface area contributed by atoms with Gasteiger partial charge < -0.3 is 9.47 Å². The van der Waals surface area contributed by atoms with Crippen LogP contribution >= 0.6 is 0 Å². The fraction of sp³-hybridized carbons (Fsp3) is 0.150. The Morgan fingerprint density at radius 1 is 1.13 bits per heavy atom. The summed E-state index contributed by atoms with van der Waals surface area (Å²) < 4.78 is 11.2. The highest BCUT2D eigenvalue weighted by molar-refractivity contribution is 6.14. The van der Waals surface area contributed by atoms with Gasteiger partial charge in [-0.1, -0.05) is 24.8 Å². The Balaban J connectivity index is 1.84. The molecule has 0 aromatic heterocycles. The molecule has 116 valence electrons. The van der Waals surface area contributed by atoms with E-state index in [1.807, 2.05) is 50.2 Å². The number of carbonyl (C=O) groups is 1. The summed E-state index contributed by atoms with van der Waals surface area (Å²) in [6.45, 7) is 8.08. The van der Waals surface area contributed by atoms with Crippen LogP contribution in [0.3, 0.4) is 0 Å². The molecule has 0 unspecified atom stereocenters. The van der Waals surface area contributed by atoms with Crippen LogP contribution in [0.25, 0.3) is 6.08 Å². The zero-order valence-corrected chi connectivity index (χ0v) is 13.3. The normalized spacial score (nSPS) is 14.5. The maximum Gasteiger partial charge on any atom is 0.231 e. The molecule has 0 saturated carbocycles. The summed E-state index contributed by atoms with van der Waals surface area (Å²) in [5.41, 5.74) is 3.72. The van der Waals surface area contributed by atoms with Gasteiger partial charge in [0.1, 0.15) is 18.1 Å². The van der Waals surface area contributed by atoms with Gasteiger partial charge in [-0.3, -0.25) is 4.79 Å². The molecule has 0 spiro atoms. The van der Waals surface area contributed by atoms with E-state index in [0.717, 1.165) is 22.4 Å². The Hall–Kier alpha value is -2.81. The largest absolute Gasteiger partial charge is 0.490 e. The number of hydrogen-bond acceptors (Lipinski definition) is 3. The van der Waals surface area contributed by atoms with Crippen molar-refractivity contribution in [3.05, 3.63) is 77.1 Å². The first kappa shape index (κ1) is 15.1. The highest BCUT2D eigenvalue weighted by Crippen LogP contribution is 2.34. The monoisotopic (exact) mass is 306 g/mol. The number of benzene rings is 2. The third-order valence-corrected chi connectivity index (χ3v) is 3.83. The van der Waals surface area contributed by atoms with Crippen LogP contribution in [0.2, 0.25) is 0 Å². The Labute approximate surface area is 135 Å². The highest BCUT2D eigenvalue weighted by atomic mass is 16.5. The first-order valence-corrected chi connectivity index (χ1v) is 7.48. The number of carbonyl (C=O) groups excluding carboxylic acids is 1. The van der Waals surface area contributed by atoms with Crippen molar-refractivity contribution in [1.29, 1.82) is 0 Å². The molecule has 0 amide bonds. The zero-order chi connectivity index (χ0) is 16.4. The van der Waals surface area contributed by atoms with Crippen LogP contribution in [0.15, 0.2) is 54.8 Å². The van der Waals surface area contributed by atoms with Crippen molar-refractivity contribution in [3.8, 4) is 11.5 Å². The molecule has 0 fully saturated rings. The number of allylic oxidation sites excluding steroid dienone is 1. The molecule has 1 aliphatic rings. The standard InChI is InChI=1S/C20H18O3/c1-4-9-22-16-7-5-15(6-8-16)12-19-20(21)17-10-13(2)14(3)11-18(17)23-19/h4-8,10-12H,1,9H2,2-3H3/b19-12-. The van der Waals surface area contributed by atoms with Gasteiger partial charge in [-0.15, -0.1) is 0 Å². The van der Waals surface area contributed by atoms with Gasteiger partial charge in [-0.25, -0.2) is 0 Å². The van der Waals surface area contributed by atoms with Crippen LogP contribution < -0.4 is 9.47 Å². The molecule has 0 N–H and O–H groups in total. The van der Waals surface area contributed by atoms with E-state index in [1.165, 1.54) is 0 Å². The minimum atomic E-state index is -0.0740. The van der Waals surface area contributed by atoms with E-state index < -0.39 is 0 Å². The maximum atomic E-state index is 12.4. The third-order valence-electron chi connectivity index (χ3n) is 3.83. The van der Waals surface area contributed by atoms with E-state index >= 15 is 0 Å². The lowest BCUT2D eigenvalue weighted by Crippen LogP contribution is -1.98. The number of Topliss-reactive ketones (excluding diaryl/α,β-unsaturated/α-hetero) is 1. The Morgan fingerprint density at radius 3 is 2.52 bits per heavy atom. The summed E-state index contributed by atoms with van der Waals surface area (Å²) in [4.78, 5) is 12.4. The lowest BCUT2D eigenvalue weighted by Gasteiger charge is -2.03. The van der Waals surface area contributed by atoms with Crippen LogP contribution in [0.1, 0.15) is 27.0 Å². The van der Waals surface area contributed by atoms with Gasteiger partial charge in [0, 0.05) is 0 Å². The van der Waals surface area contributed by atoms with E-state index in [2.05, 4.69) is 6.58 Å². The zero-order valence-electron chi connectivity index (χ0n) is 13.3. The molecule has 0 saturated heterocycles. The first-order valence-electron chi connectivity index (χ1n) is 7.48. The fourth-order valence-corrected chi connectivity index (χ4v) is 2.41. The topological polar surface area (TPSA) is 35.5 Å². The fourth-order valence-electron chi connectivity index (χ4n) is 2.41. The second-order valence-corrected chi connectivity index (χ2v) is 5.54. The molecule has 0 radical (unpaired) electrons. The lowest BCUT2D eigenvalue weighted by atomic mass is 10.0. The molecule has 0 atom stereocenters. The summed E-state index contributed by atoms with van der Waals surface area (Å²) in [5, 5.41) is 0. The highest BCUT2D eigenvalue weighted by Gasteiger charge is 2.27. The molecule has 2 aromatic carbocycles. The van der Waals surface area contributed by atoms with Crippen LogP contribution in [0.5, 0.6) is 11.5 Å². The van der Waals surface area contributed by atoms with Crippen molar-refractivity contribution in [2.75, 3.05) is 6.61 Å². The molecule has 23 heavy (non-hydrogen) atoms. The molecule has 0 bridgehead atoms. The summed E-state index contributed by atoms with van der Waals surface area (Å²) in [6.07, 6.45) is 3.45. The molecule has 1 heterocycles. The number of hydrogen-bond donors (Lipinski definition) is 0. The summed E-state index contributed by atoms with van der Waals surface area (Å²) in [7, 11) is 0. The average molecular weight is 306 g/mol. The van der Waals surface area contributed by atoms with Crippen molar-refractivity contribution in [2.24, 2.45) is 0 Å². The first-order chi connectivity index (χ1) is 11.1. The molecular weight excluding hydrogens is 288 g/mol. The van der Waals surface area contributed by atoms with E-state index in [1.54, 1.807) is 12.2 Å². The van der Waals surface area contributed by atoms with Gasteiger partial charge >= 0.3 is 0 Å². The van der Waals surface area contributed by atoms with Crippen molar-refractivity contribution < 1.29 is 14.3 Å². The van der Waals surface area contributed by atoms with Crippen molar-refractivity contribution in [2.45, 2.75) is 13.8 Å². The quantitative estimate of drug-likeness (QED) is 0.617. The summed E-state index contributed by atoms with van der Waals surface area (Å²) in [5.74, 6) is 1.68. The molecular formula is C20H18O3. The SMILES string of the molecule is C=CCOc1ccc(/C=C2\Oc3cc(C)c(C)cc3C2=O)cc1. The number of rotatable bonds is 4. The summed E-state index contributed by atoms with van der Waals surface area (Å²) >= 11 is 0. The van der Waals surface area contributed by atoms with Crippen molar-refractivity contribution in [1.82, 2.24) is 0 Å². The Morgan fingerprint density at radius 2 is 1.83 bits per heavy atom. The molecule has 1 aliphatic heterocycles. The number of ether oxygens (including phenoxy) is 2. The predicted octanol–water partition coefficient (Wildman–Crippen LogP) is 4.48. The molecule has 3 heteroatoms. The maximum absolute atomic E-state index is 12.4. The number of ketones is 1. The molecule has 0 aliphatic carbocycles. The van der Waals surface area contributed by atoms with Gasteiger partial charge in [0.05, 0.1) is 5.56 Å². The van der Waals surface area contributed by atoms with Crippen LogP contribution in [0, 0.1) is 13.8 Å².